The molecule has 1 aliphatic heterocycles. The van der Waals surface area contributed by atoms with Crippen LogP contribution in [0, 0.1) is 6.92 Å². The van der Waals surface area contributed by atoms with E-state index in [2.05, 4.69) is 23.5 Å². The number of phenols is 1. The van der Waals surface area contributed by atoms with E-state index >= 15 is 0 Å². The SMILES string of the molecule is Cc1c(O)cccc1C(=O)N[C@H]1CC(=O)N(Cc2cccc3ccccc23)C1. The summed E-state index contributed by atoms with van der Waals surface area (Å²) in [5.74, 6) is -0.142. The Labute approximate surface area is 163 Å². The van der Waals surface area contributed by atoms with Crippen LogP contribution in [0.5, 0.6) is 5.75 Å². The lowest BCUT2D eigenvalue weighted by Gasteiger charge is -2.19. The van der Waals surface area contributed by atoms with Crippen LogP contribution in [0.25, 0.3) is 10.8 Å². The van der Waals surface area contributed by atoms with Crippen molar-refractivity contribution in [2.45, 2.75) is 25.9 Å². The number of fused-ring (bicyclic) bond motifs is 1. The lowest BCUT2D eigenvalue weighted by Crippen LogP contribution is -2.37. The number of amides is 2. The van der Waals surface area contributed by atoms with E-state index in [1.54, 1.807) is 30.0 Å². The summed E-state index contributed by atoms with van der Waals surface area (Å²) in [6, 6.07) is 18.9. The molecule has 0 saturated carbocycles. The number of phenolic OH excluding ortho intramolecular Hbond substituents is 1. The molecule has 2 N–H and O–H groups in total. The number of nitrogens with zero attached hydrogens (tertiary/aromatic N) is 1. The molecule has 0 radical (unpaired) electrons. The Morgan fingerprint density at radius 1 is 1.11 bits per heavy atom. The van der Waals surface area contributed by atoms with Crippen LogP contribution < -0.4 is 5.32 Å². The van der Waals surface area contributed by atoms with Gasteiger partial charge >= 0.3 is 0 Å². The van der Waals surface area contributed by atoms with Gasteiger partial charge in [0, 0.05) is 30.6 Å². The van der Waals surface area contributed by atoms with Gasteiger partial charge in [-0.3, -0.25) is 9.59 Å². The molecule has 5 nitrogen and oxygen atoms in total. The molecule has 142 valence electrons. The Hall–Kier alpha value is -3.34. The summed E-state index contributed by atoms with van der Waals surface area (Å²) in [7, 11) is 0. The van der Waals surface area contributed by atoms with Crippen LogP contribution >= 0.6 is 0 Å². The van der Waals surface area contributed by atoms with Crippen molar-refractivity contribution in [3.8, 4) is 5.75 Å². The van der Waals surface area contributed by atoms with Gasteiger partial charge in [-0.2, -0.15) is 0 Å². The van der Waals surface area contributed by atoms with Crippen molar-refractivity contribution in [1.82, 2.24) is 10.2 Å². The normalized spacial score (nSPS) is 16.5. The van der Waals surface area contributed by atoms with Crippen LogP contribution in [0.2, 0.25) is 0 Å². The Bertz CT molecular complexity index is 1060. The first kappa shape index (κ1) is 18.0. The molecule has 1 atom stereocenters. The first-order valence-electron chi connectivity index (χ1n) is 9.37. The first-order valence-corrected chi connectivity index (χ1v) is 9.37. The third-order valence-corrected chi connectivity index (χ3v) is 5.34. The van der Waals surface area contributed by atoms with Crippen molar-refractivity contribution < 1.29 is 14.7 Å². The molecule has 1 heterocycles. The van der Waals surface area contributed by atoms with Crippen LogP contribution in [0.4, 0.5) is 0 Å². The molecule has 0 aromatic heterocycles. The third kappa shape index (κ3) is 3.43. The van der Waals surface area contributed by atoms with Gasteiger partial charge in [-0.15, -0.1) is 0 Å². The molecule has 0 bridgehead atoms. The van der Waals surface area contributed by atoms with Gasteiger partial charge in [0.05, 0.1) is 6.04 Å². The zero-order valence-electron chi connectivity index (χ0n) is 15.7. The van der Waals surface area contributed by atoms with Crippen molar-refractivity contribution >= 4 is 22.6 Å². The first-order chi connectivity index (χ1) is 13.5. The standard InChI is InChI=1S/C23H22N2O3/c1-15-19(10-5-11-21(15)26)23(28)24-18-12-22(27)25(14-18)13-17-8-4-7-16-6-2-3-9-20(16)17/h2-11,18,26H,12-14H2,1H3,(H,24,28)/t18-/m0/s1. The Morgan fingerprint density at radius 2 is 1.86 bits per heavy atom. The molecule has 1 saturated heterocycles. The summed E-state index contributed by atoms with van der Waals surface area (Å²) in [6.07, 6.45) is 0.286. The summed E-state index contributed by atoms with van der Waals surface area (Å²) in [5, 5.41) is 15.0. The van der Waals surface area contributed by atoms with Crippen LogP contribution in [-0.2, 0) is 11.3 Å². The fraction of sp³-hybridized carbons (Fsp3) is 0.217. The number of aromatic hydroxyl groups is 1. The van der Waals surface area contributed by atoms with E-state index in [-0.39, 0.29) is 30.0 Å². The maximum atomic E-state index is 12.6. The van der Waals surface area contributed by atoms with Gasteiger partial charge in [0.25, 0.3) is 5.91 Å². The van der Waals surface area contributed by atoms with Gasteiger partial charge in [0.2, 0.25) is 5.91 Å². The average Bonchev–Trinajstić information content (AvgIpc) is 3.03. The highest BCUT2D eigenvalue weighted by Gasteiger charge is 2.31. The van der Waals surface area contributed by atoms with Crippen LogP contribution in [-0.4, -0.2) is 34.4 Å². The van der Waals surface area contributed by atoms with E-state index < -0.39 is 0 Å². The topological polar surface area (TPSA) is 69.6 Å². The van der Waals surface area contributed by atoms with E-state index in [1.165, 1.54) is 0 Å². The van der Waals surface area contributed by atoms with Crippen LogP contribution in [0.1, 0.15) is 27.9 Å². The fourth-order valence-corrected chi connectivity index (χ4v) is 3.79. The quantitative estimate of drug-likeness (QED) is 0.735. The minimum atomic E-state index is -0.266. The molecular formula is C23H22N2O3. The Morgan fingerprint density at radius 3 is 2.71 bits per heavy atom. The fourth-order valence-electron chi connectivity index (χ4n) is 3.79. The van der Waals surface area contributed by atoms with E-state index in [9.17, 15) is 14.7 Å². The number of hydrogen-bond acceptors (Lipinski definition) is 3. The molecule has 1 aliphatic rings. The Balaban J connectivity index is 1.47. The molecule has 4 rings (SSSR count). The van der Waals surface area contributed by atoms with Gasteiger partial charge in [-0.1, -0.05) is 48.5 Å². The molecule has 5 heteroatoms. The van der Waals surface area contributed by atoms with Crippen molar-refractivity contribution in [3.63, 3.8) is 0 Å². The summed E-state index contributed by atoms with van der Waals surface area (Å²) in [4.78, 5) is 26.9. The minimum absolute atomic E-state index is 0.0332. The highest BCUT2D eigenvalue weighted by atomic mass is 16.3. The van der Waals surface area contributed by atoms with E-state index in [4.69, 9.17) is 0 Å². The second-order valence-corrected chi connectivity index (χ2v) is 7.24. The number of rotatable bonds is 4. The predicted molar refractivity (Wildman–Crippen MR) is 108 cm³/mol. The predicted octanol–water partition coefficient (Wildman–Crippen LogP) is 3.38. The smallest absolute Gasteiger partial charge is 0.251 e. The molecule has 0 spiro atoms. The van der Waals surface area contributed by atoms with Crippen molar-refractivity contribution in [2.24, 2.45) is 0 Å². The third-order valence-electron chi connectivity index (χ3n) is 5.34. The highest BCUT2D eigenvalue weighted by molar-refractivity contribution is 5.97. The van der Waals surface area contributed by atoms with Crippen LogP contribution in [0.3, 0.4) is 0 Å². The Kier molecular flexibility index (Phi) is 4.74. The number of likely N-dealkylation sites (tertiary alicyclic amines) is 1. The molecule has 1 fully saturated rings. The van der Waals surface area contributed by atoms with Gasteiger partial charge < -0.3 is 15.3 Å². The van der Waals surface area contributed by atoms with Crippen molar-refractivity contribution in [3.05, 3.63) is 77.4 Å². The maximum Gasteiger partial charge on any atom is 0.251 e. The second kappa shape index (κ2) is 7.35. The molecule has 3 aromatic carbocycles. The number of hydrogen-bond donors (Lipinski definition) is 2. The molecule has 2 amide bonds. The molecule has 0 aliphatic carbocycles. The highest BCUT2D eigenvalue weighted by Crippen LogP contribution is 2.23. The maximum absolute atomic E-state index is 12.6. The summed E-state index contributed by atoms with van der Waals surface area (Å²) in [6.45, 7) is 2.71. The number of benzene rings is 3. The number of nitrogens with one attached hydrogen (secondary N) is 1. The number of carbonyl (C=O) groups is 2. The van der Waals surface area contributed by atoms with E-state index in [1.807, 2.05) is 24.3 Å². The van der Waals surface area contributed by atoms with E-state index in [0.29, 0.717) is 24.2 Å². The largest absolute Gasteiger partial charge is 0.508 e. The minimum Gasteiger partial charge on any atom is -0.508 e. The zero-order chi connectivity index (χ0) is 19.7. The van der Waals surface area contributed by atoms with Crippen LogP contribution in [0.15, 0.2) is 60.7 Å². The second-order valence-electron chi connectivity index (χ2n) is 7.24. The average molecular weight is 374 g/mol. The zero-order valence-corrected chi connectivity index (χ0v) is 15.7. The lowest BCUT2D eigenvalue weighted by atomic mass is 10.0. The summed E-state index contributed by atoms with van der Waals surface area (Å²) >= 11 is 0. The van der Waals surface area contributed by atoms with Crippen molar-refractivity contribution in [2.75, 3.05) is 6.54 Å². The molecular weight excluding hydrogens is 352 g/mol. The van der Waals surface area contributed by atoms with Gasteiger partial charge in [0.15, 0.2) is 0 Å². The summed E-state index contributed by atoms with van der Waals surface area (Å²) in [5.41, 5.74) is 2.07. The monoisotopic (exact) mass is 374 g/mol. The summed E-state index contributed by atoms with van der Waals surface area (Å²) < 4.78 is 0. The van der Waals surface area contributed by atoms with Crippen molar-refractivity contribution in [1.29, 1.82) is 0 Å². The lowest BCUT2D eigenvalue weighted by molar-refractivity contribution is -0.128. The van der Waals surface area contributed by atoms with Gasteiger partial charge in [-0.05, 0) is 35.4 Å². The molecule has 0 unspecified atom stereocenters. The molecule has 28 heavy (non-hydrogen) atoms. The van der Waals surface area contributed by atoms with Gasteiger partial charge in [0.1, 0.15) is 5.75 Å². The molecule has 3 aromatic rings. The van der Waals surface area contributed by atoms with Gasteiger partial charge in [-0.25, -0.2) is 0 Å². The number of carbonyl (C=O) groups excluding carboxylic acids is 2. The van der Waals surface area contributed by atoms with E-state index in [0.717, 1.165) is 16.3 Å².